The number of fused-ring (bicyclic) bond motifs is 3. The molecule has 10 atom stereocenters. The molecule has 7 aliphatic heterocycles. The lowest BCUT2D eigenvalue weighted by Crippen LogP contribution is -2.81. The SMILES string of the molecule is CC1=C2C3N(C(=O)NC(=O)[C@]3(C)O)[C@H]3C[C@H](OP(=O)(O)OC[C@H]4O[C@H](C[C@@H]4O)N4C(=O)N2[C@@H]14)[C@@H](CO)O3. The molecule has 204 valence electrons. The van der Waals surface area contributed by atoms with Gasteiger partial charge < -0.3 is 29.7 Å². The van der Waals surface area contributed by atoms with Crippen molar-refractivity contribution in [1.82, 2.24) is 20.0 Å². The minimum Gasteiger partial charge on any atom is -0.394 e. The number of hydrogen-bond acceptors (Lipinski definition) is 11. The lowest BCUT2D eigenvalue weighted by molar-refractivity contribution is -0.164. The number of ether oxygens (including phenoxy) is 2. The van der Waals surface area contributed by atoms with Crippen molar-refractivity contribution in [2.45, 2.75) is 81.4 Å². The fraction of sp³-hybridized carbons (Fsp3) is 0.750. The van der Waals surface area contributed by atoms with Gasteiger partial charge in [0.2, 0.25) is 0 Å². The fourth-order valence-electron chi connectivity index (χ4n) is 5.97. The molecule has 7 rings (SSSR count). The van der Waals surface area contributed by atoms with Crippen LogP contribution in [0, 0.1) is 0 Å². The van der Waals surface area contributed by atoms with Crippen molar-refractivity contribution in [3.63, 3.8) is 0 Å². The van der Waals surface area contributed by atoms with Crippen LogP contribution in [0.1, 0.15) is 26.7 Å². The molecule has 5 saturated heterocycles. The average Bonchev–Trinajstić information content (AvgIpc) is 3.37. The van der Waals surface area contributed by atoms with Gasteiger partial charge in [-0.25, -0.2) is 14.2 Å². The van der Waals surface area contributed by atoms with E-state index >= 15 is 0 Å². The van der Waals surface area contributed by atoms with E-state index in [0.717, 1.165) is 4.90 Å². The number of rotatable bonds is 1. The van der Waals surface area contributed by atoms with Crippen LogP contribution in [0.3, 0.4) is 0 Å². The van der Waals surface area contributed by atoms with Crippen molar-refractivity contribution in [3.05, 3.63) is 11.3 Å². The van der Waals surface area contributed by atoms with Gasteiger partial charge in [-0.1, -0.05) is 0 Å². The first-order valence-electron chi connectivity index (χ1n) is 11.8. The molecule has 0 spiro atoms. The molecular weight excluding hydrogens is 519 g/mol. The number of phosphoric ester groups is 1. The van der Waals surface area contributed by atoms with E-state index in [1.807, 2.05) is 0 Å². The van der Waals surface area contributed by atoms with Gasteiger partial charge in [0, 0.05) is 12.8 Å². The Morgan fingerprint density at radius 2 is 1.84 bits per heavy atom. The summed E-state index contributed by atoms with van der Waals surface area (Å²) < 4.78 is 34.5. The summed E-state index contributed by atoms with van der Waals surface area (Å²) in [5.74, 6) is -0.982. The fourth-order valence-corrected chi connectivity index (χ4v) is 6.93. The zero-order chi connectivity index (χ0) is 26.6. The summed E-state index contributed by atoms with van der Waals surface area (Å²) in [6.07, 6.45) is -7.40. The second-order valence-corrected chi connectivity index (χ2v) is 11.5. The van der Waals surface area contributed by atoms with E-state index in [1.54, 1.807) is 6.92 Å². The van der Waals surface area contributed by atoms with Crippen molar-refractivity contribution in [1.29, 1.82) is 0 Å². The molecule has 7 aliphatic rings. The van der Waals surface area contributed by atoms with Gasteiger partial charge in [0.25, 0.3) is 5.91 Å². The predicted octanol–water partition coefficient (Wildman–Crippen LogP) is -1.89. The van der Waals surface area contributed by atoms with Crippen LogP contribution in [0.5, 0.6) is 0 Å². The second-order valence-electron chi connectivity index (χ2n) is 10.1. The Balaban J connectivity index is 1.44. The van der Waals surface area contributed by atoms with Gasteiger partial charge in [-0.05, 0) is 19.4 Å². The number of nitrogens with zero attached hydrogens (tertiary/aromatic N) is 3. The smallest absolute Gasteiger partial charge is 0.394 e. The van der Waals surface area contributed by atoms with Crippen LogP contribution in [0.25, 0.3) is 0 Å². The maximum atomic E-state index is 13.2. The molecule has 17 heteroatoms. The largest absolute Gasteiger partial charge is 0.472 e. The number of carbonyl (C=O) groups is 3. The van der Waals surface area contributed by atoms with E-state index in [0.29, 0.717) is 5.57 Å². The normalized spacial score (nSPS) is 47.5. The molecule has 5 amide bonds. The first-order valence-corrected chi connectivity index (χ1v) is 13.3. The lowest BCUT2D eigenvalue weighted by atomic mass is 9.80. The quantitative estimate of drug-likeness (QED) is 0.229. The zero-order valence-electron chi connectivity index (χ0n) is 19.8. The Labute approximate surface area is 209 Å². The second kappa shape index (κ2) is 8.18. The number of imide groups is 1. The van der Waals surface area contributed by atoms with Crippen LogP contribution in [0.4, 0.5) is 9.59 Å². The van der Waals surface area contributed by atoms with Gasteiger partial charge in [-0.2, -0.15) is 0 Å². The number of nitrogens with one attached hydrogen (secondary N) is 1. The molecule has 0 aromatic heterocycles. The summed E-state index contributed by atoms with van der Waals surface area (Å²) in [4.78, 5) is 53.0. The Hall–Kier alpha value is -2.14. The highest BCUT2D eigenvalue weighted by molar-refractivity contribution is 7.47. The number of aliphatic hydroxyl groups is 3. The number of phosphoric acid groups is 1. The molecule has 16 nitrogen and oxygen atoms in total. The van der Waals surface area contributed by atoms with Crippen LogP contribution >= 0.6 is 7.82 Å². The van der Waals surface area contributed by atoms with Gasteiger partial charge in [-0.3, -0.25) is 33.9 Å². The van der Waals surface area contributed by atoms with Crippen molar-refractivity contribution in [2.24, 2.45) is 0 Å². The number of hydrogen-bond donors (Lipinski definition) is 5. The molecule has 2 unspecified atom stereocenters. The minimum atomic E-state index is -4.76. The van der Waals surface area contributed by atoms with E-state index < -0.39 is 93.7 Å². The third-order valence-electron chi connectivity index (χ3n) is 7.83. The van der Waals surface area contributed by atoms with E-state index in [-0.39, 0.29) is 18.5 Å². The van der Waals surface area contributed by atoms with Gasteiger partial charge >= 0.3 is 19.9 Å². The molecule has 5 N–H and O–H groups in total. The third kappa shape index (κ3) is 3.52. The summed E-state index contributed by atoms with van der Waals surface area (Å²) >= 11 is 0. The molecule has 8 bridgehead atoms. The summed E-state index contributed by atoms with van der Waals surface area (Å²) in [6.45, 7) is 1.73. The lowest BCUT2D eigenvalue weighted by Gasteiger charge is -2.63. The minimum absolute atomic E-state index is 0.0165. The van der Waals surface area contributed by atoms with Crippen molar-refractivity contribution < 1.29 is 57.7 Å². The van der Waals surface area contributed by atoms with Crippen molar-refractivity contribution in [3.8, 4) is 0 Å². The van der Waals surface area contributed by atoms with Crippen LogP contribution in [-0.4, -0.2) is 121 Å². The standard InChI is InChI=1S/C20H27N4O12P/c1-7-14-15-20(2,30)17(27)21-18(28)22(15)13-4-9(10(5-25)34-13)36-37(31,32)33-6-11-8(26)3-12(35-11)23-16(7)24(14)19(23)29/h8-13,15-16,25-26,30H,3-6H2,1-2H3,(H,31,32)(H,21,27,28)/t8-,9-,10+,11+,12+,13+,15?,16-,20+/m0/s1. The summed E-state index contributed by atoms with van der Waals surface area (Å²) in [5.41, 5.74) is -1.38. The first-order chi connectivity index (χ1) is 17.4. The zero-order valence-corrected chi connectivity index (χ0v) is 20.7. The molecule has 0 aliphatic carbocycles. The Kier molecular flexibility index (Phi) is 5.56. The molecule has 37 heavy (non-hydrogen) atoms. The van der Waals surface area contributed by atoms with Crippen LogP contribution in [0.15, 0.2) is 11.3 Å². The Morgan fingerprint density at radius 3 is 2.54 bits per heavy atom. The molecule has 5 fully saturated rings. The molecule has 7 heterocycles. The first kappa shape index (κ1) is 25.2. The maximum Gasteiger partial charge on any atom is 0.472 e. The highest BCUT2D eigenvalue weighted by Crippen LogP contribution is 2.52. The molecular formula is C20H27N4O12P. The van der Waals surface area contributed by atoms with Gasteiger partial charge in [0.1, 0.15) is 43.0 Å². The topological polar surface area (TPSA) is 208 Å². The number of aliphatic hydroxyl groups excluding tert-OH is 2. The van der Waals surface area contributed by atoms with E-state index in [1.165, 1.54) is 16.7 Å². The van der Waals surface area contributed by atoms with E-state index in [4.69, 9.17) is 18.5 Å². The Bertz CT molecular complexity index is 1150. The summed E-state index contributed by atoms with van der Waals surface area (Å²) in [5, 5.41) is 33.6. The highest BCUT2D eigenvalue weighted by atomic mass is 31.2. The molecule has 0 saturated carbocycles. The van der Waals surface area contributed by atoms with Gasteiger partial charge in [0.05, 0.1) is 25.0 Å². The van der Waals surface area contributed by atoms with Gasteiger partial charge in [-0.15, -0.1) is 0 Å². The maximum absolute atomic E-state index is 13.2. The average molecular weight is 546 g/mol. The monoisotopic (exact) mass is 546 g/mol. The predicted molar refractivity (Wildman–Crippen MR) is 116 cm³/mol. The highest BCUT2D eigenvalue weighted by Gasteiger charge is 2.66. The molecule has 0 aromatic carbocycles. The molecule has 0 radical (unpaired) electrons. The van der Waals surface area contributed by atoms with Crippen LogP contribution in [0.2, 0.25) is 0 Å². The van der Waals surface area contributed by atoms with Crippen molar-refractivity contribution in [2.75, 3.05) is 13.2 Å². The van der Waals surface area contributed by atoms with Gasteiger partial charge in [0.15, 0.2) is 5.60 Å². The molecule has 0 aromatic rings. The summed E-state index contributed by atoms with van der Waals surface area (Å²) in [6, 6.07) is -2.82. The van der Waals surface area contributed by atoms with Crippen LogP contribution < -0.4 is 5.32 Å². The third-order valence-corrected chi connectivity index (χ3v) is 8.84. The van der Waals surface area contributed by atoms with Crippen LogP contribution in [-0.2, 0) is 27.9 Å². The Morgan fingerprint density at radius 1 is 1.14 bits per heavy atom. The number of carbonyl (C=O) groups excluding carboxylic acids is 3. The summed E-state index contributed by atoms with van der Waals surface area (Å²) in [7, 11) is -4.76. The van der Waals surface area contributed by atoms with Crippen molar-refractivity contribution >= 4 is 25.8 Å². The van der Waals surface area contributed by atoms with E-state index in [9.17, 15) is 39.2 Å². The number of urea groups is 2. The van der Waals surface area contributed by atoms with E-state index in [2.05, 4.69) is 5.32 Å². The number of amides is 5.